The van der Waals surface area contributed by atoms with Gasteiger partial charge in [-0.25, -0.2) is 0 Å². The van der Waals surface area contributed by atoms with Crippen LogP contribution in [0.4, 0.5) is 0 Å². The Morgan fingerprint density at radius 2 is 1.47 bits per heavy atom. The number of aryl methyl sites for hydroxylation is 2. The van der Waals surface area contributed by atoms with Gasteiger partial charge >= 0.3 is 0 Å². The van der Waals surface area contributed by atoms with Crippen LogP contribution in [-0.4, -0.2) is 4.98 Å². The summed E-state index contributed by atoms with van der Waals surface area (Å²) < 4.78 is 2.32. The van der Waals surface area contributed by atoms with Crippen molar-refractivity contribution in [3.63, 3.8) is 0 Å². The van der Waals surface area contributed by atoms with E-state index in [1.807, 2.05) is 23.6 Å². The first kappa shape index (κ1) is 19.2. The number of rotatable bonds is 3. The smallest absolute Gasteiger partial charge is 0.0789 e. The average molecular weight is 470 g/mol. The lowest BCUT2D eigenvalue weighted by Gasteiger charge is -2.08. The molecule has 0 radical (unpaired) electrons. The SMILES string of the molecule is Cc1cccc(C)c1-c1cc2c(-c3cc(Br)cc(-c4ccccc4)c3)nccc2s1. The van der Waals surface area contributed by atoms with Crippen molar-refractivity contribution >= 4 is 37.4 Å². The van der Waals surface area contributed by atoms with Crippen molar-refractivity contribution in [1.29, 1.82) is 0 Å². The summed E-state index contributed by atoms with van der Waals surface area (Å²) in [6, 6.07) is 28.0. The zero-order chi connectivity index (χ0) is 20.7. The molecule has 0 unspecified atom stereocenters. The van der Waals surface area contributed by atoms with Crippen LogP contribution in [0.25, 0.3) is 42.9 Å². The summed E-state index contributed by atoms with van der Waals surface area (Å²) in [5.74, 6) is 0. The average Bonchev–Trinajstić information content (AvgIpc) is 3.17. The number of fused-ring (bicyclic) bond motifs is 1. The summed E-state index contributed by atoms with van der Waals surface area (Å²) in [4.78, 5) is 6.09. The quantitative estimate of drug-likeness (QED) is 0.257. The molecular formula is C27H20BrNS. The van der Waals surface area contributed by atoms with Crippen LogP contribution in [0.15, 0.2) is 89.5 Å². The molecule has 5 aromatic rings. The van der Waals surface area contributed by atoms with Gasteiger partial charge in [-0.1, -0.05) is 64.5 Å². The van der Waals surface area contributed by atoms with Gasteiger partial charge in [0.25, 0.3) is 0 Å². The van der Waals surface area contributed by atoms with Crippen LogP contribution in [0.3, 0.4) is 0 Å². The number of hydrogen-bond acceptors (Lipinski definition) is 2. The minimum atomic E-state index is 1.03. The van der Waals surface area contributed by atoms with Crippen LogP contribution in [0.5, 0.6) is 0 Å². The van der Waals surface area contributed by atoms with E-state index < -0.39 is 0 Å². The lowest BCUT2D eigenvalue weighted by molar-refractivity contribution is 1.36. The maximum absolute atomic E-state index is 4.79. The zero-order valence-electron chi connectivity index (χ0n) is 16.8. The number of benzene rings is 3. The van der Waals surface area contributed by atoms with Crippen LogP contribution in [0.2, 0.25) is 0 Å². The van der Waals surface area contributed by atoms with Crippen LogP contribution in [0.1, 0.15) is 11.1 Å². The highest BCUT2D eigenvalue weighted by Crippen LogP contribution is 2.41. The molecule has 0 aliphatic rings. The molecule has 0 spiro atoms. The molecule has 0 bridgehead atoms. The fourth-order valence-electron chi connectivity index (χ4n) is 4.04. The predicted octanol–water partition coefficient (Wildman–Crippen LogP) is 8.68. The van der Waals surface area contributed by atoms with Gasteiger partial charge in [-0.2, -0.15) is 0 Å². The Kier molecular flexibility index (Phi) is 5.01. The van der Waals surface area contributed by atoms with Crippen molar-refractivity contribution < 1.29 is 0 Å². The molecule has 5 rings (SSSR count). The molecule has 30 heavy (non-hydrogen) atoms. The molecule has 0 N–H and O–H groups in total. The Labute approximate surface area is 189 Å². The molecule has 0 fully saturated rings. The summed E-state index contributed by atoms with van der Waals surface area (Å²) in [5, 5.41) is 1.21. The molecule has 1 nitrogen and oxygen atoms in total. The highest BCUT2D eigenvalue weighted by atomic mass is 79.9. The molecule has 0 amide bonds. The van der Waals surface area contributed by atoms with Gasteiger partial charge in [-0.05, 0) is 72.0 Å². The lowest BCUT2D eigenvalue weighted by atomic mass is 9.99. The van der Waals surface area contributed by atoms with Gasteiger partial charge in [0.1, 0.15) is 0 Å². The van der Waals surface area contributed by atoms with Crippen LogP contribution in [-0.2, 0) is 0 Å². The third-order valence-corrected chi connectivity index (χ3v) is 7.03. The third-order valence-electron chi connectivity index (χ3n) is 5.45. The fourth-order valence-corrected chi connectivity index (χ4v) is 5.77. The van der Waals surface area contributed by atoms with Crippen molar-refractivity contribution in [2.75, 3.05) is 0 Å². The first-order chi connectivity index (χ1) is 14.6. The Bertz CT molecular complexity index is 1350. The molecule has 3 aromatic carbocycles. The second-order valence-electron chi connectivity index (χ2n) is 7.54. The first-order valence-corrected chi connectivity index (χ1v) is 11.5. The number of thiophene rings is 1. The lowest BCUT2D eigenvalue weighted by Crippen LogP contribution is -1.86. The van der Waals surface area contributed by atoms with Crippen molar-refractivity contribution in [3.05, 3.63) is 101 Å². The molecule has 0 saturated heterocycles. The summed E-state index contributed by atoms with van der Waals surface area (Å²) in [6.07, 6.45) is 1.92. The Morgan fingerprint density at radius 1 is 0.733 bits per heavy atom. The van der Waals surface area contributed by atoms with Gasteiger partial charge in [-0.15, -0.1) is 11.3 Å². The number of hydrogen-bond donors (Lipinski definition) is 0. The van der Waals surface area contributed by atoms with E-state index in [9.17, 15) is 0 Å². The Hall–Kier alpha value is -2.75. The van der Waals surface area contributed by atoms with Gasteiger partial charge in [0.15, 0.2) is 0 Å². The summed E-state index contributed by atoms with van der Waals surface area (Å²) in [7, 11) is 0. The van der Waals surface area contributed by atoms with Crippen molar-refractivity contribution in [3.8, 4) is 32.8 Å². The standard InChI is InChI=1S/C27H20BrNS/c1-17-7-6-8-18(2)26(17)25-16-23-24(30-25)11-12-29-27(23)21-13-20(14-22(28)15-21)19-9-4-3-5-10-19/h3-16H,1-2H3. The summed E-state index contributed by atoms with van der Waals surface area (Å²) >= 11 is 5.55. The molecule has 2 heterocycles. The molecule has 2 aromatic heterocycles. The third kappa shape index (κ3) is 3.49. The Morgan fingerprint density at radius 3 is 2.23 bits per heavy atom. The van der Waals surface area contributed by atoms with Crippen LogP contribution in [0, 0.1) is 13.8 Å². The van der Waals surface area contributed by atoms with Crippen LogP contribution < -0.4 is 0 Å². The molecule has 3 heteroatoms. The molecule has 0 atom stereocenters. The number of halogens is 1. The van der Waals surface area contributed by atoms with E-state index in [1.165, 1.54) is 42.8 Å². The number of nitrogens with zero attached hydrogens (tertiary/aromatic N) is 1. The Balaban J connectivity index is 1.69. The van der Waals surface area contributed by atoms with E-state index in [-0.39, 0.29) is 0 Å². The normalized spacial score (nSPS) is 11.2. The van der Waals surface area contributed by atoms with Crippen molar-refractivity contribution in [1.82, 2.24) is 4.98 Å². The molecule has 0 aliphatic carbocycles. The predicted molar refractivity (Wildman–Crippen MR) is 133 cm³/mol. The molecule has 0 aliphatic heterocycles. The second kappa shape index (κ2) is 7.82. The molecule has 0 saturated carbocycles. The van der Waals surface area contributed by atoms with E-state index in [1.54, 1.807) is 0 Å². The van der Waals surface area contributed by atoms with Crippen LogP contribution >= 0.6 is 27.3 Å². The van der Waals surface area contributed by atoms with E-state index in [0.717, 1.165) is 15.7 Å². The minimum Gasteiger partial charge on any atom is -0.256 e. The first-order valence-electron chi connectivity index (χ1n) is 9.92. The summed E-state index contributed by atoms with van der Waals surface area (Å²) in [5.41, 5.74) is 8.50. The zero-order valence-corrected chi connectivity index (χ0v) is 19.2. The highest BCUT2D eigenvalue weighted by Gasteiger charge is 2.14. The maximum Gasteiger partial charge on any atom is 0.0789 e. The van der Waals surface area contributed by atoms with Gasteiger partial charge in [0, 0.05) is 31.2 Å². The topological polar surface area (TPSA) is 12.9 Å². The van der Waals surface area contributed by atoms with Gasteiger partial charge in [-0.3, -0.25) is 4.98 Å². The van der Waals surface area contributed by atoms with E-state index >= 15 is 0 Å². The van der Waals surface area contributed by atoms with E-state index in [2.05, 4.69) is 103 Å². The number of pyridine rings is 1. The highest BCUT2D eigenvalue weighted by molar-refractivity contribution is 9.10. The van der Waals surface area contributed by atoms with Crippen molar-refractivity contribution in [2.24, 2.45) is 0 Å². The van der Waals surface area contributed by atoms with Gasteiger partial charge in [0.2, 0.25) is 0 Å². The van der Waals surface area contributed by atoms with Gasteiger partial charge < -0.3 is 0 Å². The fraction of sp³-hybridized carbons (Fsp3) is 0.0741. The second-order valence-corrected chi connectivity index (χ2v) is 9.54. The van der Waals surface area contributed by atoms with Gasteiger partial charge in [0.05, 0.1) is 5.69 Å². The molecular weight excluding hydrogens is 450 g/mol. The van der Waals surface area contributed by atoms with E-state index in [0.29, 0.717) is 0 Å². The van der Waals surface area contributed by atoms with Crippen molar-refractivity contribution in [2.45, 2.75) is 13.8 Å². The minimum absolute atomic E-state index is 1.03. The maximum atomic E-state index is 4.79. The summed E-state index contributed by atoms with van der Waals surface area (Å²) in [6.45, 7) is 4.37. The monoisotopic (exact) mass is 469 g/mol. The molecule has 146 valence electrons. The van der Waals surface area contributed by atoms with E-state index in [4.69, 9.17) is 4.98 Å². The number of aromatic nitrogens is 1. The largest absolute Gasteiger partial charge is 0.256 e.